The van der Waals surface area contributed by atoms with Crippen LogP contribution in [0.3, 0.4) is 0 Å². The zero-order valence-corrected chi connectivity index (χ0v) is 13.2. The number of nitrogens with one attached hydrogen (secondary N) is 1. The van der Waals surface area contributed by atoms with E-state index in [1.165, 1.54) is 12.8 Å². The summed E-state index contributed by atoms with van der Waals surface area (Å²) in [5, 5.41) is 3.36. The molecule has 0 unspecified atom stereocenters. The topological polar surface area (TPSA) is 24.5 Å². The van der Waals surface area contributed by atoms with Gasteiger partial charge >= 0.3 is 6.61 Å². The number of piperazine rings is 1. The number of rotatable bonds is 8. The van der Waals surface area contributed by atoms with Gasteiger partial charge in [0, 0.05) is 32.2 Å². The van der Waals surface area contributed by atoms with Crippen LogP contribution in [0.25, 0.3) is 0 Å². The summed E-state index contributed by atoms with van der Waals surface area (Å²) >= 11 is 0. The number of hydrogen-bond acceptors (Lipinski definition) is 3. The summed E-state index contributed by atoms with van der Waals surface area (Å²) in [6.45, 7) is 3.38. The minimum atomic E-state index is -2.77. The van der Waals surface area contributed by atoms with Gasteiger partial charge in [0.25, 0.3) is 0 Å². The number of alkyl halides is 2. The van der Waals surface area contributed by atoms with Gasteiger partial charge < -0.3 is 10.1 Å². The van der Waals surface area contributed by atoms with Crippen LogP contribution in [0, 0.1) is 0 Å². The summed E-state index contributed by atoms with van der Waals surface area (Å²) in [6.07, 6.45) is 4.61. The SMILES string of the molecule is CCCCC[C@H](c1cccc(OC(F)F)c1)N1CCNCC1. The molecule has 0 radical (unpaired) electrons. The van der Waals surface area contributed by atoms with Crippen molar-refractivity contribution in [2.24, 2.45) is 0 Å². The maximum absolute atomic E-state index is 12.4. The van der Waals surface area contributed by atoms with E-state index in [0.29, 0.717) is 0 Å². The average molecular weight is 312 g/mol. The summed E-state index contributed by atoms with van der Waals surface area (Å²) in [5.74, 6) is 0.253. The van der Waals surface area contributed by atoms with Crippen LogP contribution < -0.4 is 10.1 Å². The lowest BCUT2D eigenvalue weighted by Gasteiger charge is -2.35. The molecule has 1 atom stereocenters. The van der Waals surface area contributed by atoms with E-state index in [1.54, 1.807) is 12.1 Å². The molecule has 3 nitrogen and oxygen atoms in total. The van der Waals surface area contributed by atoms with Gasteiger partial charge in [-0.25, -0.2) is 0 Å². The monoisotopic (exact) mass is 312 g/mol. The van der Waals surface area contributed by atoms with Crippen LogP contribution >= 0.6 is 0 Å². The first-order valence-electron chi connectivity index (χ1n) is 8.20. The van der Waals surface area contributed by atoms with Crippen molar-refractivity contribution in [1.82, 2.24) is 10.2 Å². The van der Waals surface area contributed by atoms with Crippen LogP contribution in [-0.2, 0) is 0 Å². The molecule has 0 spiro atoms. The smallest absolute Gasteiger partial charge is 0.387 e. The number of ether oxygens (including phenoxy) is 1. The molecule has 1 heterocycles. The van der Waals surface area contributed by atoms with Crippen molar-refractivity contribution in [3.8, 4) is 5.75 Å². The van der Waals surface area contributed by atoms with E-state index >= 15 is 0 Å². The number of benzene rings is 1. The van der Waals surface area contributed by atoms with Gasteiger partial charge in [-0.2, -0.15) is 8.78 Å². The molecule has 1 fully saturated rings. The lowest BCUT2D eigenvalue weighted by atomic mass is 9.98. The van der Waals surface area contributed by atoms with Crippen molar-refractivity contribution in [1.29, 1.82) is 0 Å². The number of nitrogens with zero attached hydrogens (tertiary/aromatic N) is 1. The lowest BCUT2D eigenvalue weighted by molar-refractivity contribution is -0.0499. The van der Waals surface area contributed by atoms with Crippen LogP contribution in [0.4, 0.5) is 8.78 Å². The molecular formula is C17H26F2N2O. The maximum Gasteiger partial charge on any atom is 0.387 e. The molecule has 0 saturated carbocycles. The first-order valence-corrected chi connectivity index (χ1v) is 8.20. The van der Waals surface area contributed by atoms with E-state index in [4.69, 9.17) is 0 Å². The minimum absolute atomic E-state index is 0.253. The van der Waals surface area contributed by atoms with E-state index in [-0.39, 0.29) is 11.8 Å². The molecule has 2 rings (SSSR count). The quantitative estimate of drug-likeness (QED) is 0.739. The van der Waals surface area contributed by atoms with Crippen molar-refractivity contribution < 1.29 is 13.5 Å². The molecule has 0 bridgehead atoms. The third-order valence-electron chi connectivity index (χ3n) is 4.14. The Balaban J connectivity index is 2.11. The molecule has 0 aliphatic carbocycles. The van der Waals surface area contributed by atoms with Crippen LogP contribution in [0.1, 0.15) is 44.2 Å². The normalized spacial score (nSPS) is 17.6. The highest BCUT2D eigenvalue weighted by Crippen LogP contribution is 2.29. The van der Waals surface area contributed by atoms with Gasteiger partial charge in [0.15, 0.2) is 0 Å². The molecular weight excluding hydrogens is 286 g/mol. The molecule has 1 aromatic carbocycles. The summed E-state index contributed by atoms with van der Waals surface area (Å²) in [6, 6.07) is 7.48. The minimum Gasteiger partial charge on any atom is -0.435 e. The highest BCUT2D eigenvalue weighted by atomic mass is 19.3. The van der Waals surface area contributed by atoms with Crippen LogP contribution in [0.5, 0.6) is 5.75 Å². The van der Waals surface area contributed by atoms with Gasteiger partial charge in [-0.15, -0.1) is 0 Å². The van der Waals surface area contributed by atoms with Crippen LogP contribution in [0.2, 0.25) is 0 Å². The largest absolute Gasteiger partial charge is 0.435 e. The first-order chi connectivity index (χ1) is 10.7. The van der Waals surface area contributed by atoms with Gasteiger partial charge in [0.05, 0.1) is 0 Å². The lowest BCUT2D eigenvalue weighted by Crippen LogP contribution is -2.45. The maximum atomic E-state index is 12.4. The van der Waals surface area contributed by atoms with E-state index in [9.17, 15) is 8.78 Å². The second kappa shape index (κ2) is 9.06. The fraction of sp³-hybridized carbons (Fsp3) is 0.647. The van der Waals surface area contributed by atoms with Gasteiger partial charge in [-0.3, -0.25) is 4.90 Å². The highest BCUT2D eigenvalue weighted by Gasteiger charge is 2.22. The van der Waals surface area contributed by atoms with E-state index < -0.39 is 6.61 Å². The second-order valence-electron chi connectivity index (χ2n) is 5.75. The Morgan fingerprint density at radius 3 is 2.68 bits per heavy atom. The van der Waals surface area contributed by atoms with E-state index in [1.807, 2.05) is 12.1 Å². The van der Waals surface area contributed by atoms with E-state index in [2.05, 4.69) is 21.9 Å². The Morgan fingerprint density at radius 1 is 1.23 bits per heavy atom. The second-order valence-corrected chi connectivity index (χ2v) is 5.75. The first kappa shape index (κ1) is 17.2. The molecule has 0 amide bonds. The Bertz CT molecular complexity index is 436. The van der Waals surface area contributed by atoms with Crippen molar-refractivity contribution in [2.75, 3.05) is 26.2 Å². The van der Waals surface area contributed by atoms with Crippen LogP contribution in [-0.4, -0.2) is 37.7 Å². The molecule has 1 saturated heterocycles. The Kier molecular flexibility index (Phi) is 7.06. The summed E-state index contributed by atoms with van der Waals surface area (Å²) in [7, 11) is 0. The molecule has 124 valence electrons. The highest BCUT2D eigenvalue weighted by molar-refractivity contribution is 5.30. The molecule has 1 N–H and O–H groups in total. The van der Waals surface area contributed by atoms with Crippen molar-refractivity contribution in [2.45, 2.75) is 45.3 Å². The van der Waals surface area contributed by atoms with Gasteiger partial charge in [0.1, 0.15) is 5.75 Å². The third-order valence-corrected chi connectivity index (χ3v) is 4.14. The molecule has 1 aliphatic heterocycles. The zero-order valence-electron chi connectivity index (χ0n) is 13.2. The molecule has 22 heavy (non-hydrogen) atoms. The predicted molar refractivity (Wildman–Crippen MR) is 84.4 cm³/mol. The standard InChI is InChI=1S/C17H26F2N2O/c1-2-3-4-8-16(21-11-9-20-10-12-21)14-6-5-7-15(13-14)22-17(18)19/h5-7,13,16-17,20H,2-4,8-12H2,1H3/t16-/m1/s1. The third kappa shape index (κ3) is 5.21. The van der Waals surface area contributed by atoms with Gasteiger partial charge in [-0.05, 0) is 24.1 Å². The molecule has 1 aliphatic rings. The van der Waals surface area contributed by atoms with Gasteiger partial charge in [0.2, 0.25) is 0 Å². The molecule has 5 heteroatoms. The Labute approximate surface area is 131 Å². The van der Waals surface area contributed by atoms with Gasteiger partial charge in [-0.1, -0.05) is 38.3 Å². The number of halogens is 2. The number of hydrogen-bond donors (Lipinski definition) is 1. The molecule has 0 aromatic heterocycles. The average Bonchev–Trinajstić information content (AvgIpc) is 2.52. The van der Waals surface area contributed by atoms with Crippen molar-refractivity contribution in [3.63, 3.8) is 0 Å². The van der Waals surface area contributed by atoms with E-state index in [0.717, 1.165) is 44.6 Å². The van der Waals surface area contributed by atoms with Crippen molar-refractivity contribution >= 4 is 0 Å². The molecule has 1 aromatic rings. The predicted octanol–water partition coefficient (Wildman–Crippen LogP) is 3.81. The zero-order chi connectivity index (χ0) is 15.8. The fourth-order valence-electron chi connectivity index (χ4n) is 3.04. The van der Waals surface area contributed by atoms with Crippen molar-refractivity contribution in [3.05, 3.63) is 29.8 Å². The Hall–Kier alpha value is -1.20. The van der Waals surface area contributed by atoms with Crippen LogP contribution in [0.15, 0.2) is 24.3 Å². The fourth-order valence-corrected chi connectivity index (χ4v) is 3.04. The Morgan fingerprint density at radius 2 is 2.00 bits per heavy atom. The summed E-state index contributed by atoms with van der Waals surface area (Å²) in [5.41, 5.74) is 1.08. The summed E-state index contributed by atoms with van der Waals surface area (Å²) in [4.78, 5) is 2.45. The number of unbranched alkanes of at least 4 members (excludes halogenated alkanes) is 2. The summed E-state index contributed by atoms with van der Waals surface area (Å²) < 4.78 is 29.4.